The number of hydrogen-bond acceptors (Lipinski definition) is 4. The average Bonchev–Trinajstić information content (AvgIpc) is 2.28. The predicted molar refractivity (Wildman–Crippen MR) is 66.9 cm³/mol. The molecule has 1 saturated carbocycles. The van der Waals surface area contributed by atoms with Gasteiger partial charge >= 0.3 is 5.97 Å². The highest BCUT2D eigenvalue weighted by molar-refractivity contribution is 5.81. The fraction of sp³-hybridized carbons (Fsp3) is 0.923. The van der Waals surface area contributed by atoms with E-state index in [4.69, 9.17) is 9.47 Å². The average molecular weight is 243 g/mol. The normalized spacial score (nSPS) is 29.4. The van der Waals surface area contributed by atoms with Gasteiger partial charge < -0.3 is 9.47 Å². The second-order valence-electron chi connectivity index (χ2n) is 5.05. The fourth-order valence-corrected chi connectivity index (χ4v) is 2.73. The van der Waals surface area contributed by atoms with Gasteiger partial charge in [0.15, 0.2) is 0 Å². The van der Waals surface area contributed by atoms with Crippen LogP contribution in [-0.2, 0) is 14.3 Å². The van der Waals surface area contributed by atoms with E-state index in [0.29, 0.717) is 13.0 Å². The van der Waals surface area contributed by atoms with Crippen LogP contribution >= 0.6 is 0 Å². The van der Waals surface area contributed by atoms with Crippen molar-refractivity contribution in [1.82, 2.24) is 5.32 Å². The van der Waals surface area contributed by atoms with Crippen LogP contribution in [0.2, 0.25) is 0 Å². The molecule has 0 saturated heterocycles. The molecule has 0 amide bonds. The van der Waals surface area contributed by atoms with Gasteiger partial charge in [0.25, 0.3) is 0 Å². The Labute approximate surface area is 104 Å². The molecular weight excluding hydrogens is 218 g/mol. The summed E-state index contributed by atoms with van der Waals surface area (Å²) in [6.45, 7) is 6.79. The van der Waals surface area contributed by atoms with Gasteiger partial charge in [-0.1, -0.05) is 0 Å². The smallest absolute Gasteiger partial charge is 0.326 e. The molecule has 0 heterocycles. The lowest BCUT2D eigenvalue weighted by Crippen LogP contribution is -2.58. The molecule has 0 aromatic heterocycles. The number of esters is 1. The maximum Gasteiger partial charge on any atom is 0.326 e. The lowest BCUT2D eigenvalue weighted by molar-refractivity contribution is -0.153. The molecule has 0 aromatic carbocycles. The minimum atomic E-state index is -0.555. The predicted octanol–water partition coefficient (Wildman–Crippen LogP) is 1.88. The molecule has 1 fully saturated rings. The van der Waals surface area contributed by atoms with Crippen molar-refractivity contribution in [2.75, 3.05) is 13.7 Å². The van der Waals surface area contributed by atoms with E-state index in [1.54, 1.807) is 0 Å². The molecule has 0 spiro atoms. The van der Waals surface area contributed by atoms with Crippen LogP contribution in [0.15, 0.2) is 0 Å². The lowest BCUT2D eigenvalue weighted by atomic mass is 9.79. The molecule has 1 N–H and O–H groups in total. The quantitative estimate of drug-likeness (QED) is 0.749. The Hall–Kier alpha value is -0.610. The van der Waals surface area contributed by atoms with Gasteiger partial charge in [-0.15, -0.1) is 0 Å². The van der Waals surface area contributed by atoms with Gasteiger partial charge in [0.1, 0.15) is 5.54 Å². The largest absolute Gasteiger partial charge is 0.468 e. The van der Waals surface area contributed by atoms with Gasteiger partial charge in [0, 0.05) is 19.1 Å². The molecule has 1 aliphatic carbocycles. The number of hydrogen-bond donors (Lipinski definition) is 1. The van der Waals surface area contributed by atoms with Gasteiger partial charge in [0.05, 0.1) is 13.2 Å². The van der Waals surface area contributed by atoms with Crippen LogP contribution in [0.3, 0.4) is 0 Å². The summed E-state index contributed by atoms with van der Waals surface area (Å²) in [5.41, 5.74) is -0.555. The zero-order valence-electron chi connectivity index (χ0n) is 11.4. The first kappa shape index (κ1) is 14.5. The highest BCUT2D eigenvalue weighted by Gasteiger charge is 2.44. The van der Waals surface area contributed by atoms with Crippen molar-refractivity contribution in [3.8, 4) is 0 Å². The maximum absolute atomic E-state index is 12.0. The first-order valence-electron chi connectivity index (χ1n) is 6.51. The highest BCUT2D eigenvalue weighted by Crippen LogP contribution is 2.31. The lowest BCUT2D eigenvalue weighted by Gasteiger charge is -2.40. The molecule has 0 aliphatic heterocycles. The number of carbonyl (C=O) groups excluding carboxylic acids is 1. The second-order valence-corrected chi connectivity index (χ2v) is 5.05. The minimum absolute atomic E-state index is 0.157. The molecule has 0 radical (unpaired) electrons. The highest BCUT2D eigenvalue weighted by atomic mass is 16.5. The van der Waals surface area contributed by atoms with E-state index in [2.05, 4.69) is 19.2 Å². The molecular formula is C13H25NO3. The molecule has 100 valence electrons. The number of rotatable bonds is 5. The van der Waals surface area contributed by atoms with E-state index in [-0.39, 0.29) is 18.1 Å². The van der Waals surface area contributed by atoms with Gasteiger partial charge in [-0.3, -0.25) is 10.1 Å². The Kier molecular flexibility index (Phi) is 5.40. The Morgan fingerprint density at radius 3 is 2.76 bits per heavy atom. The monoisotopic (exact) mass is 243 g/mol. The Bertz CT molecular complexity index is 253. The van der Waals surface area contributed by atoms with Crippen molar-refractivity contribution in [2.24, 2.45) is 0 Å². The van der Waals surface area contributed by atoms with E-state index in [1.165, 1.54) is 7.11 Å². The van der Waals surface area contributed by atoms with E-state index >= 15 is 0 Å². The number of nitrogens with one attached hydrogen (secondary N) is 1. The standard InChI is InChI=1S/C13H25NO3/c1-5-17-11-7-6-8-13(9-11,12(15)16-4)14-10(2)3/h10-11,14H,5-9H2,1-4H3. The van der Waals surface area contributed by atoms with Crippen LogP contribution in [0.1, 0.15) is 46.5 Å². The molecule has 1 aliphatic rings. The summed E-state index contributed by atoms with van der Waals surface area (Å²) >= 11 is 0. The van der Waals surface area contributed by atoms with Crippen molar-refractivity contribution in [3.63, 3.8) is 0 Å². The van der Waals surface area contributed by atoms with Crippen LogP contribution in [0.4, 0.5) is 0 Å². The molecule has 1 rings (SSSR count). The second kappa shape index (κ2) is 6.36. The molecule has 2 unspecified atom stereocenters. The third kappa shape index (κ3) is 3.68. The zero-order valence-corrected chi connectivity index (χ0v) is 11.4. The Balaban J connectivity index is 2.78. The first-order chi connectivity index (χ1) is 8.04. The Morgan fingerprint density at radius 2 is 2.24 bits per heavy atom. The summed E-state index contributed by atoms with van der Waals surface area (Å²) < 4.78 is 10.6. The van der Waals surface area contributed by atoms with E-state index in [9.17, 15) is 4.79 Å². The van der Waals surface area contributed by atoms with Crippen molar-refractivity contribution >= 4 is 5.97 Å². The van der Waals surface area contributed by atoms with Crippen LogP contribution in [0, 0.1) is 0 Å². The van der Waals surface area contributed by atoms with Crippen molar-refractivity contribution in [1.29, 1.82) is 0 Å². The molecule has 17 heavy (non-hydrogen) atoms. The third-order valence-electron chi connectivity index (χ3n) is 3.25. The minimum Gasteiger partial charge on any atom is -0.468 e. The molecule has 4 nitrogen and oxygen atoms in total. The van der Waals surface area contributed by atoms with Gasteiger partial charge in [0.2, 0.25) is 0 Å². The van der Waals surface area contributed by atoms with Crippen molar-refractivity contribution < 1.29 is 14.3 Å². The van der Waals surface area contributed by atoms with Gasteiger partial charge in [-0.2, -0.15) is 0 Å². The number of methoxy groups -OCH3 is 1. The van der Waals surface area contributed by atoms with Gasteiger partial charge in [-0.25, -0.2) is 0 Å². The van der Waals surface area contributed by atoms with E-state index in [1.807, 2.05) is 6.92 Å². The van der Waals surface area contributed by atoms with Gasteiger partial charge in [-0.05, 0) is 40.0 Å². The summed E-state index contributed by atoms with van der Waals surface area (Å²) in [4.78, 5) is 12.0. The first-order valence-corrected chi connectivity index (χ1v) is 6.51. The summed E-state index contributed by atoms with van der Waals surface area (Å²) in [7, 11) is 1.45. The molecule has 2 atom stereocenters. The van der Waals surface area contributed by atoms with Crippen LogP contribution in [0.25, 0.3) is 0 Å². The molecule has 4 heteroatoms. The number of ether oxygens (including phenoxy) is 2. The van der Waals surface area contributed by atoms with Crippen LogP contribution in [0.5, 0.6) is 0 Å². The third-order valence-corrected chi connectivity index (χ3v) is 3.25. The SMILES string of the molecule is CCOC1CCCC(NC(C)C)(C(=O)OC)C1. The zero-order chi connectivity index (χ0) is 12.9. The molecule has 0 aromatic rings. The van der Waals surface area contributed by atoms with Crippen molar-refractivity contribution in [2.45, 2.75) is 64.1 Å². The summed E-state index contributed by atoms with van der Waals surface area (Å²) in [5.74, 6) is -0.157. The van der Waals surface area contributed by atoms with Crippen LogP contribution < -0.4 is 5.32 Å². The Morgan fingerprint density at radius 1 is 1.53 bits per heavy atom. The van der Waals surface area contributed by atoms with E-state index < -0.39 is 5.54 Å². The number of carbonyl (C=O) groups is 1. The summed E-state index contributed by atoms with van der Waals surface area (Å²) in [5, 5.41) is 3.38. The van der Waals surface area contributed by atoms with Crippen molar-refractivity contribution in [3.05, 3.63) is 0 Å². The molecule has 0 bridgehead atoms. The van der Waals surface area contributed by atoms with E-state index in [0.717, 1.165) is 19.3 Å². The van der Waals surface area contributed by atoms with Crippen LogP contribution in [-0.4, -0.2) is 37.4 Å². The topological polar surface area (TPSA) is 47.6 Å². The summed E-state index contributed by atoms with van der Waals surface area (Å²) in [6.07, 6.45) is 3.75. The summed E-state index contributed by atoms with van der Waals surface area (Å²) in [6, 6.07) is 0.259. The fourth-order valence-electron chi connectivity index (χ4n) is 2.73. The maximum atomic E-state index is 12.0.